The van der Waals surface area contributed by atoms with Crippen LogP contribution >= 0.6 is 0 Å². The number of benzene rings is 1. The summed E-state index contributed by atoms with van der Waals surface area (Å²) >= 11 is 0. The van der Waals surface area contributed by atoms with Crippen molar-refractivity contribution in [3.8, 4) is 17.2 Å². The lowest BCUT2D eigenvalue weighted by atomic mass is 9.95. The lowest BCUT2D eigenvalue weighted by Crippen LogP contribution is -2.39. The van der Waals surface area contributed by atoms with Crippen molar-refractivity contribution in [2.75, 3.05) is 33.5 Å². The van der Waals surface area contributed by atoms with Crippen molar-refractivity contribution in [1.82, 2.24) is 4.90 Å². The van der Waals surface area contributed by atoms with Crippen LogP contribution in [-0.2, 0) is 0 Å². The van der Waals surface area contributed by atoms with E-state index in [0.717, 1.165) is 36.1 Å². The summed E-state index contributed by atoms with van der Waals surface area (Å²) in [7, 11) is 1.65. The summed E-state index contributed by atoms with van der Waals surface area (Å²) in [5.74, 6) is 2.99. The van der Waals surface area contributed by atoms with Gasteiger partial charge >= 0.3 is 0 Å². The maximum atomic E-state index is 6.05. The molecule has 0 aromatic heterocycles. The Morgan fingerprint density at radius 2 is 2.10 bits per heavy atom. The average molecular weight is 292 g/mol. The van der Waals surface area contributed by atoms with Gasteiger partial charge in [0.05, 0.1) is 7.11 Å². The molecule has 1 fully saturated rings. The number of methoxy groups -OCH3 is 1. The lowest BCUT2D eigenvalue weighted by Gasteiger charge is -2.36. The first kappa shape index (κ1) is 14.5. The second kappa shape index (κ2) is 6.12. The zero-order chi connectivity index (χ0) is 14.8. The fourth-order valence-corrected chi connectivity index (χ4v) is 3.18. The highest BCUT2D eigenvalue weighted by Crippen LogP contribution is 2.43. The summed E-state index contributed by atoms with van der Waals surface area (Å²) in [4.78, 5) is 2.47. The van der Waals surface area contributed by atoms with Crippen LogP contribution in [0, 0.1) is 5.92 Å². The number of hydrogen-bond acceptors (Lipinski definition) is 5. The molecule has 1 aromatic carbocycles. The SMILES string of the molecule is COc1cc(C(CN)N2CCC(C)CC2)cc2c1OCO2. The Balaban J connectivity index is 1.87. The van der Waals surface area contributed by atoms with Crippen molar-refractivity contribution in [2.45, 2.75) is 25.8 Å². The van der Waals surface area contributed by atoms with Gasteiger partial charge in [-0.2, -0.15) is 0 Å². The smallest absolute Gasteiger partial charge is 0.231 e. The molecule has 21 heavy (non-hydrogen) atoms. The molecule has 5 nitrogen and oxygen atoms in total. The molecule has 0 amide bonds. The van der Waals surface area contributed by atoms with Crippen molar-refractivity contribution in [2.24, 2.45) is 11.7 Å². The zero-order valence-electron chi connectivity index (χ0n) is 12.8. The summed E-state index contributed by atoms with van der Waals surface area (Å²) in [6.45, 7) is 5.36. The Bertz CT molecular complexity index is 499. The summed E-state index contributed by atoms with van der Waals surface area (Å²) in [5, 5.41) is 0. The van der Waals surface area contributed by atoms with E-state index in [2.05, 4.69) is 11.8 Å². The minimum atomic E-state index is 0.209. The third-order valence-electron chi connectivity index (χ3n) is 4.55. The molecule has 2 heterocycles. The topological polar surface area (TPSA) is 57.0 Å². The second-order valence-corrected chi connectivity index (χ2v) is 5.93. The predicted molar refractivity (Wildman–Crippen MR) is 80.9 cm³/mol. The van der Waals surface area contributed by atoms with Crippen LogP contribution in [0.3, 0.4) is 0 Å². The molecule has 116 valence electrons. The van der Waals surface area contributed by atoms with Crippen molar-refractivity contribution in [1.29, 1.82) is 0 Å². The van der Waals surface area contributed by atoms with Crippen molar-refractivity contribution >= 4 is 0 Å². The van der Waals surface area contributed by atoms with Gasteiger partial charge in [0, 0.05) is 12.6 Å². The van der Waals surface area contributed by atoms with Gasteiger partial charge in [-0.1, -0.05) is 6.92 Å². The normalized spacial score (nSPS) is 20.5. The standard InChI is InChI=1S/C16H24N2O3/c1-11-3-5-18(6-4-11)13(9-17)12-7-14(19-2)16-15(8-12)20-10-21-16/h7-8,11,13H,3-6,9-10,17H2,1-2H3. The van der Waals surface area contributed by atoms with Gasteiger partial charge in [0.25, 0.3) is 0 Å². The Kier molecular flexibility index (Phi) is 4.22. The van der Waals surface area contributed by atoms with E-state index >= 15 is 0 Å². The highest BCUT2D eigenvalue weighted by atomic mass is 16.7. The van der Waals surface area contributed by atoms with Crippen LogP contribution < -0.4 is 19.9 Å². The number of nitrogens with two attached hydrogens (primary N) is 1. The molecule has 0 spiro atoms. The van der Waals surface area contributed by atoms with E-state index in [1.54, 1.807) is 7.11 Å². The summed E-state index contributed by atoms with van der Waals surface area (Å²) in [6, 6.07) is 4.28. The first-order valence-electron chi connectivity index (χ1n) is 7.64. The fourth-order valence-electron chi connectivity index (χ4n) is 3.18. The summed E-state index contributed by atoms with van der Waals surface area (Å²) in [6.07, 6.45) is 2.47. The molecular formula is C16H24N2O3. The molecule has 1 saturated heterocycles. The van der Waals surface area contributed by atoms with E-state index in [-0.39, 0.29) is 12.8 Å². The van der Waals surface area contributed by atoms with Crippen LogP contribution in [-0.4, -0.2) is 38.4 Å². The zero-order valence-corrected chi connectivity index (χ0v) is 12.8. The average Bonchev–Trinajstić information content (AvgIpc) is 2.97. The van der Waals surface area contributed by atoms with Gasteiger partial charge in [-0.15, -0.1) is 0 Å². The third kappa shape index (κ3) is 2.80. The Labute approximate surface area is 126 Å². The highest BCUT2D eigenvalue weighted by Gasteiger charge is 2.27. The molecule has 0 bridgehead atoms. The first-order valence-corrected chi connectivity index (χ1v) is 7.64. The Morgan fingerprint density at radius 3 is 2.76 bits per heavy atom. The van der Waals surface area contributed by atoms with E-state index in [9.17, 15) is 0 Å². The molecular weight excluding hydrogens is 268 g/mol. The van der Waals surface area contributed by atoms with Gasteiger partial charge in [-0.25, -0.2) is 0 Å². The molecule has 0 aliphatic carbocycles. The minimum absolute atomic E-state index is 0.209. The number of nitrogens with zero attached hydrogens (tertiary/aromatic N) is 1. The predicted octanol–water partition coefficient (Wildman–Crippen LogP) is 2.16. The molecule has 2 N–H and O–H groups in total. The van der Waals surface area contributed by atoms with Crippen LogP contribution in [0.1, 0.15) is 31.4 Å². The van der Waals surface area contributed by atoms with Crippen LogP contribution in [0.5, 0.6) is 17.2 Å². The fraction of sp³-hybridized carbons (Fsp3) is 0.625. The van der Waals surface area contributed by atoms with Crippen LogP contribution in [0.4, 0.5) is 0 Å². The molecule has 2 aliphatic heterocycles. The van der Waals surface area contributed by atoms with Crippen LogP contribution in [0.25, 0.3) is 0 Å². The molecule has 1 unspecified atom stereocenters. The van der Waals surface area contributed by atoms with Crippen molar-refractivity contribution < 1.29 is 14.2 Å². The molecule has 0 saturated carbocycles. The van der Waals surface area contributed by atoms with Gasteiger partial charge in [0.1, 0.15) is 0 Å². The van der Waals surface area contributed by atoms with Gasteiger partial charge < -0.3 is 19.9 Å². The summed E-state index contributed by atoms with van der Waals surface area (Å²) in [5.41, 5.74) is 7.20. The first-order chi connectivity index (χ1) is 10.2. The minimum Gasteiger partial charge on any atom is -0.493 e. The van der Waals surface area contributed by atoms with E-state index in [1.165, 1.54) is 12.8 Å². The second-order valence-electron chi connectivity index (χ2n) is 5.93. The van der Waals surface area contributed by atoms with E-state index in [4.69, 9.17) is 19.9 Å². The quantitative estimate of drug-likeness (QED) is 0.921. The van der Waals surface area contributed by atoms with Gasteiger partial charge in [0.2, 0.25) is 12.5 Å². The highest BCUT2D eigenvalue weighted by molar-refractivity contribution is 5.55. The lowest BCUT2D eigenvalue weighted by molar-refractivity contribution is 0.141. The molecule has 2 aliphatic rings. The number of fused-ring (bicyclic) bond motifs is 1. The number of likely N-dealkylation sites (tertiary alicyclic amines) is 1. The van der Waals surface area contributed by atoms with Gasteiger partial charge in [-0.05, 0) is 49.5 Å². The van der Waals surface area contributed by atoms with Crippen LogP contribution in [0.15, 0.2) is 12.1 Å². The van der Waals surface area contributed by atoms with Gasteiger partial charge in [0.15, 0.2) is 11.5 Å². The third-order valence-corrected chi connectivity index (χ3v) is 4.55. The maximum absolute atomic E-state index is 6.05. The number of hydrogen-bond donors (Lipinski definition) is 1. The van der Waals surface area contributed by atoms with Gasteiger partial charge in [-0.3, -0.25) is 4.90 Å². The van der Waals surface area contributed by atoms with Crippen LogP contribution in [0.2, 0.25) is 0 Å². The number of ether oxygens (including phenoxy) is 3. The molecule has 1 atom stereocenters. The monoisotopic (exact) mass is 292 g/mol. The van der Waals surface area contributed by atoms with E-state index in [0.29, 0.717) is 12.3 Å². The Hall–Kier alpha value is -1.46. The molecule has 1 aromatic rings. The Morgan fingerprint density at radius 1 is 1.33 bits per heavy atom. The van der Waals surface area contributed by atoms with Crippen molar-refractivity contribution in [3.05, 3.63) is 17.7 Å². The molecule has 3 rings (SSSR count). The molecule has 0 radical (unpaired) electrons. The van der Waals surface area contributed by atoms with Crippen molar-refractivity contribution in [3.63, 3.8) is 0 Å². The molecule has 5 heteroatoms. The maximum Gasteiger partial charge on any atom is 0.231 e. The largest absolute Gasteiger partial charge is 0.493 e. The van der Waals surface area contributed by atoms with E-state index < -0.39 is 0 Å². The number of rotatable bonds is 4. The number of piperidine rings is 1. The van der Waals surface area contributed by atoms with E-state index in [1.807, 2.05) is 12.1 Å². The summed E-state index contributed by atoms with van der Waals surface area (Å²) < 4.78 is 16.4.